The quantitative estimate of drug-likeness (QED) is 0.833. The van der Waals surface area contributed by atoms with Gasteiger partial charge in [0.15, 0.2) is 0 Å². The van der Waals surface area contributed by atoms with Gasteiger partial charge in [-0.1, -0.05) is 0 Å². The summed E-state index contributed by atoms with van der Waals surface area (Å²) >= 11 is 3.90. The molecule has 0 aliphatic carbocycles. The van der Waals surface area contributed by atoms with Crippen molar-refractivity contribution in [3.05, 3.63) is 24.2 Å². The third-order valence-corrected chi connectivity index (χ3v) is 5.82. The Labute approximate surface area is 117 Å². The zero-order chi connectivity index (χ0) is 12.8. The lowest BCUT2D eigenvalue weighted by atomic mass is 10.2. The SMILES string of the molecule is CCN(Cc1ccoc1)C(=O)C[C@@H]1CSCCS1. The first kappa shape index (κ1) is 13.9. The third kappa shape index (κ3) is 3.99. The molecule has 1 aliphatic rings. The lowest BCUT2D eigenvalue weighted by molar-refractivity contribution is -0.131. The Morgan fingerprint density at radius 2 is 2.44 bits per heavy atom. The molecule has 0 spiro atoms. The summed E-state index contributed by atoms with van der Waals surface area (Å²) in [6.07, 6.45) is 4.03. The number of carbonyl (C=O) groups is 1. The average Bonchev–Trinajstić information content (AvgIpc) is 2.90. The van der Waals surface area contributed by atoms with Crippen LogP contribution in [0.15, 0.2) is 23.0 Å². The number of hydrogen-bond donors (Lipinski definition) is 0. The Kier molecular flexibility index (Phi) is 5.50. The predicted octanol–water partition coefficient (Wildman–Crippen LogP) is 2.87. The van der Waals surface area contributed by atoms with Crippen LogP contribution in [-0.4, -0.2) is 39.9 Å². The van der Waals surface area contributed by atoms with E-state index in [4.69, 9.17) is 4.42 Å². The summed E-state index contributed by atoms with van der Waals surface area (Å²) in [5.41, 5.74) is 1.07. The van der Waals surface area contributed by atoms with Crippen LogP contribution < -0.4 is 0 Å². The van der Waals surface area contributed by atoms with Crippen LogP contribution in [0.25, 0.3) is 0 Å². The zero-order valence-corrected chi connectivity index (χ0v) is 12.3. The van der Waals surface area contributed by atoms with Crippen LogP contribution in [0.2, 0.25) is 0 Å². The van der Waals surface area contributed by atoms with E-state index in [1.54, 1.807) is 12.5 Å². The van der Waals surface area contributed by atoms with Gasteiger partial charge in [0.1, 0.15) is 0 Å². The van der Waals surface area contributed by atoms with Crippen molar-refractivity contribution in [2.45, 2.75) is 25.1 Å². The smallest absolute Gasteiger partial charge is 0.224 e. The second kappa shape index (κ2) is 7.14. The number of thioether (sulfide) groups is 2. The number of rotatable bonds is 5. The highest BCUT2D eigenvalue weighted by Gasteiger charge is 2.21. The Hall–Kier alpha value is -0.550. The number of carbonyl (C=O) groups excluding carboxylic acids is 1. The molecule has 1 fully saturated rings. The molecule has 0 radical (unpaired) electrons. The van der Waals surface area contributed by atoms with E-state index in [0.717, 1.165) is 17.9 Å². The lowest BCUT2D eigenvalue weighted by Gasteiger charge is -2.25. The molecule has 18 heavy (non-hydrogen) atoms. The van der Waals surface area contributed by atoms with Gasteiger partial charge in [-0.05, 0) is 13.0 Å². The lowest BCUT2D eigenvalue weighted by Crippen LogP contribution is -2.33. The Balaban J connectivity index is 1.84. The molecule has 1 aromatic rings. The summed E-state index contributed by atoms with van der Waals surface area (Å²) in [6.45, 7) is 3.45. The molecule has 1 aliphatic heterocycles. The van der Waals surface area contributed by atoms with Crippen molar-refractivity contribution < 1.29 is 9.21 Å². The van der Waals surface area contributed by atoms with Gasteiger partial charge < -0.3 is 9.32 Å². The fraction of sp³-hybridized carbons (Fsp3) is 0.615. The van der Waals surface area contributed by atoms with Crippen LogP contribution in [0.4, 0.5) is 0 Å². The molecule has 100 valence electrons. The van der Waals surface area contributed by atoms with Crippen molar-refractivity contribution in [2.75, 3.05) is 23.8 Å². The van der Waals surface area contributed by atoms with Crippen molar-refractivity contribution in [3.8, 4) is 0 Å². The van der Waals surface area contributed by atoms with Crippen LogP contribution >= 0.6 is 23.5 Å². The highest BCUT2D eigenvalue weighted by atomic mass is 32.2. The first-order valence-electron chi connectivity index (χ1n) is 6.27. The van der Waals surface area contributed by atoms with Gasteiger partial charge in [-0.25, -0.2) is 0 Å². The molecule has 0 bridgehead atoms. The van der Waals surface area contributed by atoms with E-state index < -0.39 is 0 Å². The van der Waals surface area contributed by atoms with Gasteiger partial charge in [-0.2, -0.15) is 23.5 Å². The molecule has 1 saturated heterocycles. The first-order valence-corrected chi connectivity index (χ1v) is 8.48. The van der Waals surface area contributed by atoms with E-state index in [1.165, 1.54) is 11.5 Å². The summed E-state index contributed by atoms with van der Waals surface area (Å²) in [5, 5.41) is 0.495. The van der Waals surface area contributed by atoms with Crippen molar-refractivity contribution in [2.24, 2.45) is 0 Å². The first-order chi connectivity index (χ1) is 8.79. The van der Waals surface area contributed by atoms with E-state index >= 15 is 0 Å². The largest absolute Gasteiger partial charge is 0.472 e. The molecule has 3 nitrogen and oxygen atoms in total. The second-order valence-electron chi connectivity index (χ2n) is 4.31. The minimum atomic E-state index is 0.263. The second-order valence-corrected chi connectivity index (χ2v) is 6.87. The molecule has 1 amide bonds. The average molecular weight is 285 g/mol. The van der Waals surface area contributed by atoms with E-state index in [0.29, 0.717) is 18.2 Å². The molecule has 2 rings (SSSR count). The van der Waals surface area contributed by atoms with Gasteiger partial charge in [0, 0.05) is 47.6 Å². The monoisotopic (exact) mass is 285 g/mol. The summed E-state index contributed by atoms with van der Waals surface area (Å²) in [5.74, 6) is 3.77. The fourth-order valence-corrected chi connectivity index (χ4v) is 4.63. The Morgan fingerprint density at radius 1 is 1.56 bits per heavy atom. The molecule has 2 heterocycles. The predicted molar refractivity (Wildman–Crippen MR) is 78.0 cm³/mol. The highest BCUT2D eigenvalue weighted by molar-refractivity contribution is 8.06. The standard InChI is InChI=1S/C13H19NO2S2/c1-2-14(8-11-3-4-16-9-11)13(15)7-12-10-17-5-6-18-12/h3-4,9,12H,2,5-8,10H2,1H3/t12-/m1/s1. The van der Waals surface area contributed by atoms with Crippen LogP contribution in [0.5, 0.6) is 0 Å². The minimum absolute atomic E-state index is 0.263. The fourth-order valence-electron chi connectivity index (χ4n) is 1.96. The number of hydrogen-bond acceptors (Lipinski definition) is 4. The van der Waals surface area contributed by atoms with E-state index in [-0.39, 0.29) is 5.91 Å². The Bertz CT molecular complexity index is 361. The Morgan fingerprint density at radius 3 is 3.06 bits per heavy atom. The van der Waals surface area contributed by atoms with Crippen molar-refractivity contribution in [3.63, 3.8) is 0 Å². The van der Waals surface area contributed by atoms with Crippen LogP contribution in [0, 0.1) is 0 Å². The molecule has 0 aromatic carbocycles. The van der Waals surface area contributed by atoms with Gasteiger partial charge in [0.05, 0.1) is 12.5 Å². The molecule has 0 unspecified atom stereocenters. The van der Waals surface area contributed by atoms with Crippen LogP contribution in [0.3, 0.4) is 0 Å². The summed E-state index contributed by atoms with van der Waals surface area (Å²) in [4.78, 5) is 14.1. The van der Waals surface area contributed by atoms with Gasteiger partial charge in [0.2, 0.25) is 5.91 Å². The van der Waals surface area contributed by atoms with Crippen LogP contribution in [0.1, 0.15) is 18.9 Å². The minimum Gasteiger partial charge on any atom is -0.472 e. The maximum Gasteiger partial charge on any atom is 0.224 e. The van der Waals surface area contributed by atoms with Crippen molar-refractivity contribution in [1.82, 2.24) is 4.90 Å². The van der Waals surface area contributed by atoms with E-state index in [1.807, 2.05) is 41.4 Å². The number of nitrogens with zero attached hydrogens (tertiary/aromatic N) is 1. The van der Waals surface area contributed by atoms with E-state index in [2.05, 4.69) is 0 Å². The molecule has 1 atom stereocenters. The van der Waals surface area contributed by atoms with Gasteiger partial charge >= 0.3 is 0 Å². The van der Waals surface area contributed by atoms with E-state index in [9.17, 15) is 4.79 Å². The van der Waals surface area contributed by atoms with Crippen molar-refractivity contribution >= 4 is 29.4 Å². The van der Waals surface area contributed by atoms with Crippen molar-refractivity contribution in [1.29, 1.82) is 0 Å². The topological polar surface area (TPSA) is 33.5 Å². The molecule has 0 saturated carbocycles. The maximum absolute atomic E-state index is 12.2. The normalized spacial score (nSPS) is 19.7. The molecular formula is C13H19NO2S2. The summed E-state index contributed by atoms with van der Waals surface area (Å²) in [7, 11) is 0. The molecular weight excluding hydrogens is 266 g/mol. The maximum atomic E-state index is 12.2. The highest BCUT2D eigenvalue weighted by Crippen LogP contribution is 2.27. The zero-order valence-electron chi connectivity index (χ0n) is 10.6. The van der Waals surface area contributed by atoms with Gasteiger partial charge in [-0.3, -0.25) is 4.79 Å². The number of amides is 1. The van der Waals surface area contributed by atoms with Gasteiger partial charge in [-0.15, -0.1) is 0 Å². The molecule has 1 aromatic heterocycles. The summed E-state index contributed by atoms with van der Waals surface area (Å²) < 4.78 is 5.04. The van der Waals surface area contributed by atoms with Crippen LogP contribution in [-0.2, 0) is 11.3 Å². The van der Waals surface area contributed by atoms with Gasteiger partial charge in [0.25, 0.3) is 0 Å². The summed E-state index contributed by atoms with van der Waals surface area (Å²) in [6, 6.07) is 1.92. The number of furan rings is 1. The third-order valence-electron chi connectivity index (χ3n) is 2.98. The molecule has 5 heteroatoms. The molecule has 0 N–H and O–H groups in total.